The van der Waals surface area contributed by atoms with Gasteiger partial charge in [-0.3, -0.25) is 4.79 Å². The summed E-state index contributed by atoms with van der Waals surface area (Å²) in [5.41, 5.74) is 0. The molecule has 4 nitrogen and oxygen atoms in total. The third kappa shape index (κ3) is 4.95. The zero-order chi connectivity index (χ0) is 11.9. The fourth-order valence-electron chi connectivity index (χ4n) is 1.10. The van der Waals surface area contributed by atoms with Crippen molar-refractivity contribution in [2.45, 2.75) is 26.6 Å². The van der Waals surface area contributed by atoms with E-state index in [9.17, 15) is 4.79 Å². The van der Waals surface area contributed by atoms with Crippen LogP contribution in [0.25, 0.3) is 0 Å². The lowest BCUT2D eigenvalue weighted by molar-refractivity contribution is -0.213. The first kappa shape index (κ1) is 14.1. The van der Waals surface area contributed by atoms with E-state index in [0.717, 1.165) is 0 Å². The van der Waals surface area contributed by atoms with Gasteiger partial charge in [-0.2, -0.15) is 0 Å². The molecule has 0 N–H and O–H groups in total. The van der Waals surface area contributed by atoms with Crippen molar-refractivity contribution in [3.8, 4) is 0 Å². The Morgan fingerprint density at radius 2 is 1.73 bits per heavy atom. The molecule has 0 amide bonds. The van der Waals surface area contributed by atoms with E-state index in [2.05, 4.69) is 0 Å². The SMILES string of the molecule is CCOC(C)(OCC)C(=O)C=CN(C)C. The summed E-state index contributed by atoms with van der Waals surface area (Å²) in [7, 11) is 3.70. The summed E-state index contributed by atoms with van der Waals surface area (Å²) in [6.07, 6.45) is 3.14. The summed E-state index contributed by atoms with van der Waals surface area (Å²) in [5, 5.41) is 0. The molecule has 4 heteroatoms. The minimum absolute atomic E-state index is 0.181. The Hall–Kier alpha value is -0.870. The smallest absolute Gasteiger partial charge is 0.230 e. The number of rotatable bonds is 7. The van der Waals surface area contributed by atoms with Crippen LogP contribution in [0.15, 0.2) is 12.3 Å². The summed E-state index contributed by atoms with van der Waals surface area (Å²) in [4.78, 5) is 13.6. The first-order chi connectivity index (χ1) is 6.96. The molecule has 0 aliphatic carbocycles. The molecule has 0 aliphatic rings. The largest absolute Gasteiger partial charge is 0.383 e. The molecular weight excluding hydrogens is 194 g/mol. The molecule has 0 aromatic carbocycles. The van der Waals surface area contributed by atoms with Gasteiger partial charge in [0.1, 0.15) is 0 Å². The van der Waals surface area contributed by atoms with Crippen molar-refractivity contribution in [3.63, 3.8) is 0 Å². The summed E-state index contributed by atoms with van der Waals surface area (Å²) >= 11 is 0. The maximum absolute atomic E-state index is 11.8. The Balaban J connectivity index is 4.54. The van der Waals surface area contributed by atoms with Gasteiger partial charge in [0.25, 0.3) is 0 Å². The van der Waals surface area contributed by atoms with E-state index < -0.39 is 5.79 Å². The average Bonchev–Trinajstić information content (AvgIpc) is 2.14. The highest BCUT2D eigenvalue weighted by Gasteiger charge is 2.32. The van der Waals surface area contributed by atoms with Crippen LogP contribution < -0.4 is 0 Å². The van der Waals surface area contributed by atoms with E-state index in [0.29, 0.717) is 13.2 Å². The number of hydrogen-bond donors (Lipinski definition) is 0. The molecular formula is C11H21NO3. The van der Waals surface area contributed by atoms with Gasteiger partial charge in [0.2, 0.25) is 11.6 Å². The van der Waals surface area contributed by atoms with E-state index >= 15 is 0 Å². The first-order valence-corrected chi connectivity index (χ1v) is 5.13. The highest BCUT2D eigenvalue weighted by molar-refractivity contribution is 5.95. The standard InChI is InChI=1S/C11H21NO3/c1-6-14-11(3,15-7-2)10(13)8-9-12(4)5/h8-9H,6-7H2,1-5H3. The number of hydrogen-bond acceptors (Lipinski definition) is 4. The third-order valence-corrected chi connectivity index (χ3v) is 1.81. The number of carbonyl (C=O) groups excluding carboxylic acids is 1. The zero-order valence-corrected chi connectivity index (χ0v) is 10.2. The predicted molar refractivity (Wildman–Crippen MR) is 59.5 cm³/mol. The van der Waals surface area contributed by atoms with E-state index in [1.54, 1.807) is 18.0 Å². The first-order valence-electron chi connectivity index (χ1n) is 5.13. The zero-order valence-electron chi connectivity index (χ0n) is 10.2. The van der Waals surface area contributed by atoms with Crippen LogP contribution in [0.2, 0.25) is 0 Å². The quantitative estimate of drug-likeness (QED) is 0.475. The summed E-state index contributed by atoms with van der Waals surface area (Å²) < 4.78 is 10.6. The molecule has 0 atom stereocenters. The van der Waals surface area contributed by atoms with Crippen LogP contribution in [-0.2, 0) is 14.3 Å². The van der Waals surface area contributed by atoms with Gasteiger partial charge in [-0.05, 0) is 20.8 Å². The molecule has 0 aromatic heterocycles. The lowest BCUT2D eigenvalue weighted by Crippen LogP contribution is -2.40. The van der Waals surface area contributed by atoms with Crippen LogP contribution in [0.3, 0.4) is 0 Å². The minimum Gasteiger partial charge on any atom is -0.383 e. The Kier molecular flexibility index (Phi) is 6.20. The van der Waals surface area contributed by atoms with Crippen molar-refractivity contribution in [1.82, 2.24) is 4.90 Å². The normalized spacial score (nSPS) is 12.1. The highest BCUT2D eigenvalue weighted by Crippen LogP contribution is 2.14. The van der Waals surface area contributed by atoms with Crippen molar-refractivity contribution in [3.05, 3.63) is 12.3 Å². The lowest BCUT2D eigenvalue weighted by atomic mass is 10.2. The second-order valence-electron chi connectivity index (χ2n) is 3.46. The lowest BCUT2D eigenvalue weighted by Gasteiger charge is -2.26. The molecule has 0 radical (unpaired) electrons. The van der Waals surface area contributed by atoms with E-state index in [1.165, 1.54) is 6.08 Å². The van der Waals surface area contributed by atoms with Crippen molar-refractivity contribution < 1.29 is 14.3 Å². The molecule has 0 fully saturated rings. The topological polar surface area (TPSA) is 38.8 Å². The molecule has 15 heavy (non-hydrogen) atoms. The van der Waals surface area contributed by atoms with Gasteiger partial charge in [0.15, 0.2) is 0 Å². The fourth-order valence-corrected chi connectivity index (χ4v) is 1.10. The Morgan fingerprint density at radius 1 is 1.27 bits per heavy atom. The fraction of sp³-hybridized carbons (Fsp3) is 0.727. The number of ketones is 1. The molecule has 0 heterocycles. The third-order valence-electron chi connectivity index (χ3n) is 1.81. The molecule has 0 saturated heterocycles. The molecule has 0 aromatic rings. The Morgan fingerprint density at radius 3 is 2.07 bits per heavy atom. The molecule has 0 unspecified atom stereocenters. The van der Waals surface area contributed by atoms with Gasteiger partial charge < -0.3 is 14.4 Å². The second kappa shape index (κ2) is 6.58. The van der Waals surface area contributed by atoms with Crippen LogP contribution in [0.4, 0.5) is 0 Å². The number of carbonyl (C=O) groups is 1. The van der Waals surface area contributed by atoms with Crippen molar-refractivity contribution in [1.29, 1.82) is 0 Å². The van der Waals surface area contributed by atoms with Crippen molar-refractivity contribution in [2.75, 3.05) is 27.3 Å². The molecule has 0 saturated carbocycles. The number of ether oxygens (including phenoxy) is 2. The molecule has 0 spiro atoms. The summed E-state index contributed by atoms with van der Waals surface area (Å²) in [5.74, 6) is -1.34. The molecule has 88 valence electrons. The van der Waals surface area contributed by atoms with Crippen LogP contribution >= 0.6 is 0 Å². The average molecular weight is 215 g/mol. The van der Waals surface area contributed by atoms with E-state index in [1.807, 2.05) is 27.9 Å². The van der Waals surface area contributed by atoms with Crippen LogP contribution in [0.1, 0.15) is 20.8 Å². The van der Waals surface area contributed by atoms with Gasteiger partial charge in [-0.15, -0.1) is 0 Å². The maximum Gasteiger partial charge on any atom is 0.230 e. The van der Waals surface area contributed by atoms with Crippen LogP contribution in [0.5, 0.6) is 0 Å². The van der Waals surface area contributed by atoms with Gasteiger partial charge >= 0.3 is 0 Å². The number of nitrogens with zero attached hydrogens (tertiary/aromatic N) is 1. The summed E-state index contributed by atoms with van der Waals surface area (Å²) in [6, 6.07) is 0. The van der Waals surface area contributed by atoms with Gasteiger partial charge in [-0.25, -0.2) is 0 Å². The highest BCUT2D eigenvalue weighted by atomic mass is 16.7. The van der Waals surface area contributed by atoms with Gasteiger partial charge in [0.05, 0.1) is 0 Å². The molecule has 0 aliphatic heterocycles. The van der Waals surface area contributed by atoms with E-state index in [4.69, 9.17) is 9.47 Å². The Bertz CT molecular complexity index is 218. The molecule has 0 bridgehead atoms. The second-order valence-corrected chi connectivity index (χ2v) is 3.46. The van der Waals surface area contributed by atoms with Crippen LogP contribution in [0, 0.1) is 0 Å². The van der Waals surface area contributed by atoms with Gasteiger partial charge in [0, 0.05) is 39.6 Å². The summed E-state index contributed by atoms with van der Waals surface area (Å²) in [6.45, 7) is 6.19. The maximum atomic E-state index is 11.8. The van der Waals surface area contributed by atoms with Crippen molar-refractivity contribution >= 4 is 5.78 Å². The van der Waals surface area contributed by atoms with E-state index in [-0.39, 0.29) is 5.78 Å². The Labute approximate surface area is 91.8 Å². The minimum atomic E-state index is -1.16. The predicted octanol–water partition coefficient (Wildman–Crippen LogP) is 1.42. The monoisotopic (exact) mass is 215 g/mol. The van der Waals surface area contributed by atoms with Crippen LogP contribution in [-0.4, -0.2) is 43.8 Å². The molecule has 0 rings (SSSR count). The van der Waals surface area contributed by atoms with Crippen molar-refractivity contribution in [2.24, 2.45) is 0 Å². The van der Waals surface area contributed by atoms with Gasteiger partial charge in [-0.1, -0.05) is 0 Å².